The highest BCUT2D eigenvalue weighted by Crippen LogP contribution is 2.35. The molecule has 1 heterocycles. The molecule has 0 aromatic rings. The van der Waals surface area contributed by atoms with Crippen molar-refractivity contribution in [2.24, 2.45) is 5.92 Å². The highest BCUT2D eigenvalue weighted by molar-refractivity contribution is 6.02. The van der Waals surface area contributed by atoms with E-state index in [1.807, 2.05) is 0 Å². The summed E-state index contributed by atoms with van der Waals surface area (Å²) in [4.78, 5) is 35.6. The van der Waals surface area contributed by atoms with Gasteiger partial charge in [-0.15, -0.1) is 0 Å². The van der Waals surface area contributed by atoms with Crippen LogP contribution in [0.4, 0.5) is 4.79 Å². The molecule has 1 unspecified atom stereocenters. The second-order valence-corrected chi connectivity index (χ2v) is 5.41. The monoisotopic (exact) mass is 280 g/mol. The number of carboxylic acids is 1. The van der Waals surface area contributed by atoms with Crippen LogP contribution in [0.1, 0.15) is 38.5 Å². The first-order valence-corrected chi connectivity index (χ1v) is 7.10. The molecule has 1 atom stereocenters. The molecule has 0 aromatic carbocycles. The number of hydrogen-bond donors (Lipinski definition) is 2. The molecule has 2 rings (SSSR count). The number of carbonyl (C=O) groups is 3. The largest absolute Gasteiger partial charge is 0.478 e. The van der Waals surface area contributed by atoms with E-state index < -0.39 is 17.9 Å². The lowest BCUT2D eigenvalue weighted by atomic mass is 9.96. The minimum absolute atomic E-state index is 0.230. The predicted molar refractivity (Wildman–Crippen MR) is 72.0 cm³/mol. The van der Waals surface area contributed by atoms with Gasteiger partial charge in [-0.1, -0.05) is 12.8 Å². The van der Waals surface area contributed by atoms with Gasteiger partial charge in [0.15, 0.2) is 0 Å². The number of hydrogen-bond acceptors (Lipinski definition) is 3. The Labute approximate surface area is 117 Å². The van der Waals surface area contributed by atoms with E-state index in [9.17, 15) is 14.4 Å². The maximum atomic E-state index is 12.1. The first-order valence-electron chi connectivity index (χ1n) is 7.10. The van der Waals surface area contributed by atoms with Gasteiger partial charge < -0.3 is 10.0 Å². The van der Waals surface area contributed by atoms with Crippen molar-refractivity contribution in [3.63, 3.8) is 0 Å². The summed E-state index contributed by atoms with van der Waals surface area (Å²) >= 11 is 0. The summed E-state index contributed by atoms with van der Waals surface area (Å²) in [6.45, 7) is 0.670. The van der Waals surface area contributed by atoms with Crippen LogP contribution in [0.2, 0.25) is 0 Å². The molecular formula is C14H20N2O4. The van der Waals surface area contributed by atoms with Crippen LogP contribution in [0.15, 0.2) is 12.2 Å². The Morgan fingerprint density at radius 2 is 1.75 bits per heavy atom. The Morgan fingerprint density at radius 3 is 2.40 bits per heavy atom. The number of carboxylic acid groups (broad SMARTS) is 1. The third-order valence-corrected chi connectivity index (χ3v) is 4.11. The molecule has 3 amide bonds. The zero-order valence-electron chi connectivity index (χ0n) is 11.4. The lowest BCUT2D eigenvalue weighted by Crippen LogP contribution is -2.46. The minimum Gasteiger partial charge on any atom is -0.478 e. The third kappa shape index (κ3) is 3.59. The molecule has 0 bridgehead atoms. The Morgan fingerprint density at radius 1 is 1.05 bits per heavy atom. The first-order chi connectivity index (χ1) is 9.58. The van der Waals surface area contributed by atoms with Crippen molar-refractivity contribution in [2.45, 2.75) is 44.6 Å². The number of urea groups is 1. The molecule has 110 valence electrons. The number of imide groups is 1. The van der Waals surface area contributed by atoms with Crippen molar-refractivity contribution in [2.75, 3.05) is 6.54 Å². The van der Waals surface area contributed by atoms with E-state index in [4.69, 9.17) is 5.11 Å². The highest BCUT2D eigenvalue weighted by atomic mass is 16.4. The Bertz CT molecular complexity index is 427. The van der Waals surface area contributed by atoms with E-state index in [0.717, 1.165) is 37.8 Å². The van der Waals surface area contributed by atoms with Crippen molar-refractivity contribution in [3.8, 4) is 0 Å². The predicted octanol–water partition coefficient (Wildman–Crippen LogP) is 1.52. The summed E-state index contributed by atoms with van der Waals surface area (Å²) in [5, 5.41) is 10.7. The second-order valence-electron chi connectivity index (χ2n) is 5.41. The van der Waals surface area contributed by atoms with Gasteiger partial charge >= 0.3 is 12.0 Å². The second kappa shape index (κ2) is 6.54. The van der Waals surface area contributed by atoms with Gasteiger partial charge in [0, 0.05) is 24.7 Å². The van der Waals surface area contributed by atoms with Crippen LogP contribution in [0.25, 0.3) is 0 Å². The van der Waals surface area contributed by atoms with Gasteiger partial charge in [0.25, 0.3) is 5.91 Å². The van der Waals surface area contributed by atoms with Crippen LogP contribution in [-0.4, -0.2) is 40.5 Å². The normalized spacial score (nSPS) is 23.4. The van der Waals surface area contributed by atoms with E-state index in [1.165, 1.54) is 12.8 Å². The SMILES string of the molecule is O=C(O)C=CC(=O)NC(=O)N1CCCC1C1CCCC1. The molecule has 20 heavy (non-hydrogen) atoms. The summed E-state index contributed by atoms with van der Waals surface area (Å²) in [5.41, 5.74) is 0. The zero-order valence-corrected chi connectivity index (χ0v) is 11.4. The molecule has 0 aromatic heterocycles. The van der Waals surface area contributed by atoms with Crippen molar-refractivity contribution >= 4 is 17.9 Å². The lowest BCUT2D eigenvalue weighted by Gasteiger charge is -2.29. The first kappa shape index (κ1) is 14.6. The van der Waals surface area contributed by atoms with Crippen LogP contribution >= 0.6 is 0 Å². The van der Waals surface area contributed by atoms with Crippen molar-refractivity contribution < 1.29 is 19.5 Å². The minimum atomic E-state index is -1.21. The molecule has 6 heteroatoms. The third-order valence-electron chi connectivity index (χ3n) is 4.11. The number of likely N-dealkylation sites (tertiary alicyclic amines) is 1. The van der Waals surface area contributed by atoms with Gasteiger partial charge in [-0.2, -0.15) is 0 Å². The number of nitrogens with one attached hydrogen (secondary N) is 1. The molecule has 6 nitrogen and oxygen atoms in total. The van der Waals surface area contributed by atoms with Gasteiger partial charge in [0.2, 0.25) is 0 Å². The van der Waals surface area contributed by atoms with E-state index in [-0.39, 0.29) is 6.04 Å². The van der Waals surface area contributed by atoms with Crippen LogP contribution in [-0.2, 0) is 9.59 Å². The van der Waals surface area contributed by atoms with E-state index in [0.29, 0.717) is 12.5 Å². The molecule has 2 fully saturated rings. The number of nitrogens with zero attached hydrogens (tertiary/aromatic N) is 1. The quantitative estimate of drug-likeness (QED) is 0.767. The maximum absolute atomic E-state index is 12.1. The van der Waals surface area contributed by atoms with E-state index >= 15 is 0 Å². The average Bonchev–Trinajstić information content (AvgIpc) is 3.05. The summed E-state index contributed by atoms with van der Waals surface area (Å²) in [6.07, 6.45) is 8.29. The van der Waals surface area contributed by atoms with Crippen LogP contribution in [0, 0.1) is 5.92 Å². The summed E-state index contributed by atoms with van der Waals surface area (Å²) in [7, 11) is 0. The molecule has 1 aliphatic carbocycles. The Kier molecular flexibility index (Phi) is 4.76. The standard InChI is InChI=1S/C14H20N2O4/c17-12(7-8-13(18)19)15-14(20)16-9-3-6-11(16)10-4-1-2-5-10/h7-8,10-11H,1-6,9H2,(H,18,19)(H,15,17,20). The van der Waals surface area contributed by atoms with Crippen LogP contribution < -0.4 is 5.32 Å². The summed E-state index contributed by atoms with van der Waals surface area (Å²) < 4.78 is 0. The molecule has 2 N–H and O–H groups in total. The summed E-state index contributed by atoms with van der Waals surface area (Å²) in [5.74, 6) is -1.35. The van der Waals surface area contributed by atoms with Gasteiger partial charge in [-0.25, -0.2) is 9.59 Å². The smallest absolute Gasteiger partial charge is 0.328 e. The molecule has 1 saturated heterocycles. The fourth-order valence-electron chi connectivity index (χ4n) is 3.24. The highest BCUT2D eigenvalue weighted by Gasteiger charge is 2.36. The molecular weight excluding hydrogens is 260 g/mol. The zero-order chi connectivity index (χ0) is 14.5. The van der Waals surface area contributed by atoms with Gasteiger partial charge in [-0.3, -0.25) is 10.1 Å². The molecule has 2 aliphatic rings. The van der Waals surface area contributed by atoms with Gasteiger partial charge in [-0.05, 0) is 31.6 Å². The van der Waals surface area contributed by atoms with Crippen molar-refractivity contribution in [1.82, 2.24) is 10.2 Å². The maximum Gasteiger partial charge on any atom is 0.328 e. The van der Waals surface area contributed by atoms with Crippen molar-refractivity contribution in [3.05, 3.63) is 12.2 Å². The number of amides is 3. The van der Waals surface area contributed by atoms with E-state index in [2.05, 4.69) is 5.32 Å². The fraction of sp³-hybridized carbons (Fsp3) is 0.643. The molecule has 0 radical (unpaired) electrons. The van der Waals surface area contributed by atoms with Crippen molar-refractivity contribution in [1.29, 1.82) is 0 Å². The fourth-order valence-corrected chi connectivity index (χ4v) is 3.24. The number of aliphatic carboxylic acids is 1. The Balaban J connectivity index is 1.90. The van der Waals surface area contributed by atoms with Crippen LogP contribution in [0.5, 0.6) is 0 Å². The lowest BCUT2D eigenvalue weighted by molar-refractivity contribution is -0.131. The summed E-state index contributed by atoms with van der Waals surface area (Å²) in [6, 6.07) is -0.173. The molecule has 0 spiro atoms. The number of carbonyl (C=O) groups excluding carboxylic acids is 2. The average molecular weight is 280 g/mol. The number of rotatable bonds is 3. The van der Waals surface area contributed by atoms with Gasteiger partial charge in [0.05, 0.1) is 0 Å². The molecule has 1 saturated carbocycles. The Hall–Kier alpha value is -1.85. The molecule has 1 aliphatic heterocycles. The van der Waals surface area contributed by atoms with E-state index in [1.54, 1.807) is 4.90 Å². The van der Waals surface area contributed by atoms with Crippen LogP contribution in [0.3, 0.4) is 0 Å². The van der Waals surface area contributed by atoms with Gasteiger partial charge in [0.1, 0.15) is 0 Å². The topological polar surface area (TPSA) is 86.7 Å².